The number of hydroxylamine groups is 1. The molecule has 1 aromatic heterocycles. The maximum atomic E-state index is 12.7. The molecule has 1 fully saturated rings. The second-order valence-electron chi connectivity index (χ2n) is 7.54. The molecular weight excluding hydrogens is 398 g/mol. The SMILES string of the molecule is C#Cc1cc2n(c1)C(=O)N(CCC(C)(C(=O)NOC1CCCCO1)S(C)(=O)=O)C2. The average Bonchev–Trinajstić information content (AvgIpc) is 3.23. The van der Waals surface area contributed by atoms with Crippen LogP contribution in [-0.4, -0.2) is 60.3 Å². The molecule has 0 radical (unpaired) electrons. The van der Waals surface area contributed by atoms with Gasteiger partial charge in [-0.15, -0.1) is 6.42 Å². The van der Waals surface area contributed by atoms with Gasteiger partial charge in [-0.2, -0.15) is 0 Å². The van der Waals surface area contributed by atoms with Gasteiger partial charge in [-0.1, -0.05) is 5.92 Å². The third kappa shape index (κ3) is 4.32. The van der Waals surface area contributed by atoms with Gasteiger partial charge in [0.2, 0.25) is 0 Å². The van der Waals surface area contributed by atoms with E-state index in [-0.39, 0.29) is 19.0 Å². The molecule has 2 amide bonds. The summed E-state index contributed by atoms with van der Waals surface area (Å²) in [5.41, 5.74) is 3.57. The minimum absolute atomic E-state index is 0.0783. The van der Waals surface area contributed by atoms with Gasteiger partial charge in [0.1, 0.15) is 0 Å². The lowest BCUT2D eigenvalue weighted by atomic mass is 10.1. The zero-order valence-corrected chi connectivity index (χ0v) is 17.3. The van der Waals surface area contributed by atoms with Crippen LogP contribution in [0, 0.1) is 12.3 Å². The lowest BCUT2D eigenvalue weighted by molar-refractivity contribution is -0.201. The van der Waals surface area contributed by atoms with E-state index in [1.54, 1.807) is 12.3 Å². The van der Waals surface area contributed by atoms with Crippen LogP contribution in [0.25, 0.3) is 0 Å². The molecule has 1 N–H and O–H groups in total. The standard InChI is InChI=1S/C19H25N3O6S/c1-4-14-11-15-13-21(18(24)22(15)12-14)9-8-19(2,29(3,25)26)17(23)20-28-16-7-5-6-10-27-16/h1,11-12,16H,5-10,13H2,2-3H3,(H,20,23). The van der Waals surface area contributed by atoms with Crippen molar-refractivity contribution >= 4 is 21.8 Å². The fraction of sp³-hybridized carbons (Fsp3) is 0.579. The van der Waals surface area contributed by atoms with Gasteiger partial charge in [-0.05, 0) is 32.3 Å². The molecule has 0 spiro atoms. The van der Waals surface area contributed by atoms with E-state index in [4.69, 9.17) is 16.0 Å². The fourth-order valence-corrected chi connectivity index (χ4v) is 4.16. The first kappa shape index (κ1) is 21.4. The molecule has 0 aromatic carbocycles. The summed E-state index contributed by atoms with van der Waals surface area (Å²) in [5, 5.41) is 0. The summed E-state index contributed by atoms with van der Waals surface area (Å²) >= 11 is 0. The summed E-state index contributed by atoms with van der Waals surface area (Å²) < 4.78 is 29.9. The summed E-state index contributed by atoms with van der Waals surface area (Å²) in [7, 11) is -3.79. The van der Waals surface area contributed by atoms with Gasteiger partial charge < -0.3 is 9.64 Å². The van der Waals surface area contributed by atoms with E-state index >= 15 is 0 Å². The van der Waals surface area contributed by atoms with Crippen LogP contribution in [-0.2, 0) is 30.8 Å². The van der Waals surface area contributed by atoms with Crippen LogP contribution in [0.4, 0.5) is 4.79 Å². The zero-order valence-electron chi connectivity index (χ0n) is 16.5. The molecule has 0 bridgehead atoms. The highest BCUT2D eigenvalue weighted by molar-refractivity contribution is 7.92. The van der Waals surface area contributed by atoms with Crippen molar-refractivity contribution in [1.29, 1.82) is 0 Å². The Morgan fingerprint density at radius 3 is 2.83 bits per heavy atom. The quantitative estimate of drug-likeness (QED) is 0.518. The number of hydrogen-bond donors (Lipinski definition) is 1. The van der Waals surface area contributed by atoms with Crippen molar-refractivity contribution < 1.29 is 27.6 Å². The highest BCUT2D eigenvalue weighted by atomic mass is 32.2. The van der Waals surface area contributed by atoms with Crippen molar-refractivity contribution in [3.63, 3.8) is 0 Å². The summed E-state index contributed by atoms with van der Waals surface area (Å²) in [5.74, 6) is 1.69. The van der Waals surface area contributed by atoms with E-state index in [2.05, 4.69) is 11.4 Å². The highest BCUT2D eigenvalue weighted by Crippen LogP contribution is 2.26. The van der Waals surface area contributed by atoms with E-state index < -0.39 is 26.8 Å². The van der Waals surface area contributed by atoms with Gasteiger partial charge in [0.15, 0.2) is 20.9 Å². The first-order valence-corrected chi connectivity index (χ1v) is 11.3. The normalized spacial score (nSPS) is 21.3. The Balaban J connectivity index is 1.64. The molecule has 3 heterocycles. The second-order valence-corrected chi connectivity index (χ2v) is 9.98. The molecule has 10 heteroatoms. The molecule has 0 saturated carbocycles. The van der Waals surface area contributed by atoms with Crippen LogP contribution < -0.4 is 5.48 Å². The van der Waals surface area contributed by atoms with Gasteiger partial charge in [0.25, 0.3) is 5.91 Å². The largest absolute Gasteiger partial charge is 0.350 e. The first-order valence-electron chi connectivity index (χ1n) is 9.40. The van der Waals surface area contributed by atoms with Crippen LogP contribution in [0.15, 0.2) is 12.3 Å². The van der Waals surface area contributed by atoms with Crippen molar-refractivity contribution in [3.8, 4) is 12.3 Å². The fourth-order valence-electron chi connectivity index (χ4n) is 3.32. The Hall–Kier alpha value is -2.35. The third-order valence-corrected chi connectivity index (χ3v) is 7.50. The van der Waals surface area contributed by atoms with Crippen molar-refractivity contribution in [1.82, 2.24) is 14.9 Å². The molecule has 3 rings (SSSR count). The smallest absolute Gasteiger partial charge is 0.328 e. The summed E-state index contributed by atoms with van der Waals surface area (Å²) in [6, 6.07) is 1.43. The van der Waals surface area contributed by atoms with Crippen LogP contribution in [0.2, 0.25) is 0 Å². The van der Waals surface area contributed by atoms with Gasteiger partial charge in [-0.25, -0.2) is 23.5 Å². The number of fused-ring (bicyclic) bond motifs is 1. The molecule has 158 valence electrons. The van der Waals surface area contributed by atoms with E-state index in [9.17, 15) is 18.0 Å². The lowest BCUT2D eigenvalue weighted by Gasteiger charge is -2.29. The van der Waals surface area contributed by atoms with Crippen molar-refractivity contribution in [2.75, 3.05) is 19.4 Å². The molecule has 2 unspecified atom stereocenters. The maximum Gasteiger partial charge on any atom is 0.328 e. The number of amides is 2. The van der Waals surface area contributed by atoms with E-state index in [1.165, 1.54) is 16.4 Å². The van der Waals surface area contributed by atoms with Crippen LogP contribution >= 0.6 is 0 Å². The minimum atomic E-state index is -3.79. The summed E-state index contributed by atoms with van der Waals surface area (Å²) in [6.45, 7) is 2.25. The maximum absolute atomic E-state index is 12.7. The number of carbonyl (C=O) groups is 2. The topological polar surface area (TPSA) is 107 Å². The van der Waals surface area contributed by atoms with E-state index in [1.807, 2.05) is 0 Å². The number of rotatable bonds is 7. The number of nitrogens with one attached hydrogen (secondary N) is 1. The Morgan fingerprint density at radius 2 is 2.24 bits per heavy atom. The summed E-state index contributed by atoms with van der Waals surface area (Å²) in [4.78, 5) is 32.0. The molecular formula is C19H25N3O6S. The van der Waals surface area contributed by atoms with Gasteiger partial charge >= 0.3 is 6.03 Å². The Bertz CT molecular complexity index is 942. The van der Waals surface area contributed by atoms with Crippen molar-refractivity contribution in [2.24, 2.45) is 0 Å². The van der Waals surface area contributed by atoms with Gasteiger partial charge in [-0.3, -0.25) is 9.36 Å². The third-order valence-electron chi connectivity index (χ3n) is 5.47. The second kappa shape index (κ2) is 8.18. The lowest BCUT2D eigenvalue weighted by Crippen LogP contribution is -2.52. The minimum Gasteiger partial charge on any atom is -0.350 e. The molecule has 2 aliphatic rings. The van der Waals surface area contributed by atoms with Crippen LogP contribution in [0.5, 0.6) is 0 Å². The number of terminal acetylenes is 1. The van der Waals surface area contributed by atoms with Gasteiger partial charge in [0, 0.05) is 43.3 Å². The molecule has 1 aromatic rings. The molecule has 0 aliphatic carbocycles. The van der Waals surface area contributed by atoms with Gasteiger partial charge in [0.05, 0.1) is 6.54 Å². The average molecular weight is 423 g/mol. The number of ether oxygens (including phenoxy) is 1. The van der Waals surface area contributed by atoms with Crippen LogP contribution in [0.3, 0.4) is 0 Å². The number of hydrogen-bond acceptors (Lipinski definition) is 6. The Kier molecular flexibility index (Phi) is 6.03. The monoisotopic (exact) mass is 423 g/mol. The van der Waals surface area contributed by atoms with Crippen LogP contribution in [0.1, 0.15) is 43.9 Å². The summed E-state index contributed by atoms with van der Waals surface area (Å²) in [6.07, 6.45) is 9.70. The molecule has 2 atom stereocenters. The van der Waals surface area contributed by atoms with E-state index in [0.717, 1.165) is 24.8 Å². The number of carbonyl (C=O) groups excluding carboxylic acids is 2. The first-order chi connectivity index (χ1) is 13.7. The Morgan fingerprint density at radius 1 is 1.48 bits per heavy atom. The highest BCUT2D eigenvalue weighted by Gasteiger charge is 2.45. The molecule has 1 saturated heterocycles. The number of sulfone groups is 1. The predicted octanol–water partition coefficient (Wildman–Crippen LogP) is 1.02. The molecule has 2 aliphatic heterocycles. The molecule has 9 nitrogen and oxygen atoms in total. The van der Waals surface area contributed by atoms with E-state index in [0.29, 0.717) is 25.1 Å². The Labute approximate surface area is 170 Å². The van der Waals surface area contributed by atoms with Crippen molar-refractivity contribution in [3.05, 3.63) is 23.5 Å². The van der Waals surface area contributed by atoms with Crippen molar-refractivity contribution in [2.45, 2.75) is 50.2 Å². The predicted molar refractivity (Wildman–Crippen MR) is 104 cm³/mol. The molecule has 29 heavy (non-hydrogen) atoms. The number of nitrogens with zero attached hydrogens (tertiary/aromatic N) is 2. The zero-order chi connectivity index (χ0) is 21.2. The number of aromatic nitrogens is 1.